The van der Waals surface area contributed by atoms with Crippen molar-refractivity contribution in [3.63, 3.8) is 0 Å². The van der Waals surface area contributed by atoms with Crippen LogP contribution in [0.25, 0.3) is 0 Å². The van der Waals surface area contributed by atoms with Gasteiger partial charge in [-0.2, -0.15) is 8.42 Å². The predicted octanol–water partition coefficient (Wildman–Crippen LogP) is 3.38. The fourth-order valence-corrected chi connectivity index (χ4v) is 3.66. The zero-order valence-corrected chi connectivity index (χ0v) is 17.3. The average Bonchev–Trinajstić information content (AvgIpc) is 2.74. The SMILES string of the molecule is Cc1ccc(S(=O)(=O)Oc2ccc(C[C@@H](N)C(=O)OCc3ccccc3)cc2)cc1. The van der Waals surface area contributed by atoms with Crippen LogP contribution in [0, 0.1) is 6.92 Å². The molecular formula is C23H23NO5S. The molecule has 3 rings (SSSR count). The van der Waals surface area contributed by atoms with Gasteiger partial charge in [0.15, 0.2) is 0 Å². The highest BCUT2D eigenvalue weighted by molar-refractivity contribution is 7.87. The number of rotatable bonds is 8. The van der Waals surface area contributed by atoms with Crippen molar-refractivity contribution in [1.29, 1.82) is 0 Å². The summed E-state index contributed by atoms with van der Waals surface area (Å²) in [5.41, 5.74) is 8.54. The summed E-state index contributed by atoms with van der Waals surface area (Å²) < 4.78 is 35.1. The monoisotopic (exact) mass is 425 g/mol. The molecule has 0 aliphatic heterocycles. The number of esters is 1. The Balaban J connectivity index is 1.56. The second-order valence-electron chi connectivity index (χ2n) is 6.90. The normalized spacial score (nSPS) is 12.2. The molecule has 0 aliphatic rings. The molecule has 2 N–H and O–H groups in total. The second kappa shape index (κ2) is 9.56. The van der Waals surface area contributed by atoms with Crippen molar-refractivity contribution in [1.82, 2.24) is 0 Å². The molecule has 0 saturated carbocycles. The van der Waals surface area contributed by atoms with Crippen LogP contribution in [0.4, 0.5) is 0 Å². The Hall–Kier alpha value is -3.16. The van der Waals surface area contributed by atoms with E-state index < -0.39 is 22.1 Å². The maximum Gasteiger partial charge on any atom is 0.339 e. The van der Waals surface area contributed by atoms with Gasteiger partial charge < -0.3 is 14.7 Å². The molecule has 156 valence electrons. The largest absolute Gasteiger partial charge is 0.460 e. The molecule has 0 spiro atoms. The van der Waals surface area contributed by atoms with Crippen molar-refractivity contribution in [2.45, 2.75) is 30.9 Å². The standard InChI is InChI=1S/C23H23NO5S/c1-17-7-13-21(14-8-17)30(26,27)29-20-11-9-18(10-12-20)15-22(24)23(25)28-16-19-5-3-2-4-6-19/h2-14,22H,15-16,24H2,1H3/t22-/m1/s1. The highest BCUT2D eigenvalue weighted by Crippen LogP contribution is 2.20. The van der Waals surface area contributed by atoms with E-state index in [1.807, 2.05) is 37.3 Å². The van der Waals surface area contributed by atoms with Crippen LogP contribution < -0.4 is 9.92 Å². The van der Waals surface area contributed by atoms with E-state index in [4.69, 9.17) is 14.7 Å². The van der Waals surface area contributed by atoms with E-state index in [1.165, 1.54) is 24.3 Å². The first-order chi connectivity index (χ1) is 14.3. The van der Waals surface area contributed by atoms with E-state index in [0.29, 0.717) is 0 Å². The summed E-state index contributed by atoms with van der Waals surface area (Å²) in [4.78, 5) is 12.2. The van der Waals surface area contributed by atoms with Crippen LogP contribution in [-0.2, 0) is 32.7 Å². The number of nitrogens with two attached hydrogens (primary N) is 1. The lowest BCUT2D eigenvalue weighted by molar-refractivity contribution is -0.146. The Bertz CT molecular complexity index is 1080. The van der Waals surface area contributed by atoms with Gasteiger partial charge in [-0.15, -0.1) is 0 Å². The van der Waals surface area contributed by atoms with Crippen LogP contribution in [-0.4, -0.2) is 20.4 Å². The Kier molecular flexibility index (Phi) is 6.87. The number of hydrogen-bond acceptors (Lipinski definition) is 6. The molecule has 6 nitrogen and oxygen atoms in total. The van der Waals surface area contributed by atoms with Crippen LogP contribution in [0.15, 0.2) is 83.8 Å². The van der Waals surface area contributed by atoms with Crippen LogP contribution >= 0.6 is 0 Å². The number of carbonyl (C=O) groups is 1. The molecule has 0 unspecified atom stereocenters. The third kappa shape index (κ3) is 5.92. The molecule has 1 atom stereocenters. The highest BCUT2D eigenvalue weighted by atomic mass is 32.2. The Morgan fingerprint density at radius 3 is 2.17 bits per heavy atom. The van der Waals surface area contributed by atoms with E-state index >= 15 is 0 Å². The molecule has 0 radical (unpaired) electrons. The quantitative estimate of drug-likeness (QED) is 0.439. The lowest BCUT2D eigenvalue weighted by atomic mass is 10.1. The zero-order valence-electron chi connectivity index (χ0n) is 16.5. The van der Waals surface area contributed by atoms with Gasteiger partial charge in [-0.25, -0.2) is 0 Å². The van der Waals surface area contributed by atoms with Gasteiger partial charge in [-0.05, 0) is 48.7 Å². The first-order valence-corrected chi connectivity index (χ1v) is 10.8. The van der Waals surface area contributed by atoms with Crippen LogP contribution in [0.5, 0.6) is 5.75 Å². The highest BCUT2D eigenvalue weighted by Gasteiger charge is 2.18. The molecule has 3 aromatic rings. The number of benzene rings is 3. The number of carbonyl (C=O) groups excluding carboxylic acids is 1. The topological polar surface area (TPSA) is 95.7 Å². The molecule has 7 heteroatoms. The third-order valence-corrected chi connectivity index (χ3v) is 5.68. The van der Waals surface area contributed by atoms with Crippen LogP contribution in [0.2, 0.25) is 0 Å². The van der Waals surface area contributed by atoms with Crippen molar-refractivity contribution in [2.75, 3.05) is 0 Å². The van der Waals surface area contributed by atoms with Crippen molar-refractivity contribution >= 4 is 16.1 Å². The zero-order chi connectivity index (χ0) is 21.6. The van der Waals surface area contributed by atoms with Gasteiger partial charge in [0.05, 0.1) is 0 Å². The average molecular weight is 426 g/mol. The fraction of sp³-hybridized carbons (Fsp3) is 0.174. The molecule has 0 bridgehead atoms. The van der Waals surface area contributed by atoms with Gasteiger partial charge >= 0.3 is 16.1 Å². The first-order valence-electron chi connectivity index (χ1n) is 9.40. The molecule has 0 aliphatic carbocycles. The summed E-state index contributed by atoms with van der Waals surface area (Å²) in [6, 6.07) is 21.3. The molecule has 30 heavy (non-hydrogen) atoms. The van der Waals surface area contributed by atoms with E-state index in [9.17, 15) is 13.2 Å². The summed E-state index contributed by atoms with van der Waals surface area (Å²) in [5.74, 6) is -0.319. The maximum atomic E-state index is 12.4. The molecule has 0 heterocycles. The van der Waals surface area contributed by atoms with Gasteiger partial charge in [-0.1, -0.05) is 60.2 Å². The van der Waals surface area contributed by atoms with Crippen molar-refractivity contribution in [2.24, 2.45) is 5.73 Å². The molecule has 0 amide bonds. The number of ether oxygens (including phenoxy) is 1. The van der Waals surface area contributed by atoms with Gasteiger partial charge in [0.2, 0.25) is 0 Å². The Morgan fingerprint density at radius 1 is 0.900 bits per heavy atom. The van der Waals surface area contributed by atoms with E-state index in [1.54, 1.807) is 24.3 Å². The van der Waals surface area contributed by atoms with Gasteiger partial charge in [0, 0.05) is 0 Å². The fourth-order valence-electron chi connectivity index (χ4n) is 2.73. The maximum absolute atomic E-state index is 12.4. The van der Waals surface area contributed by atoms with E-state index in [2.05, 4.69) is 0 Å². The van der Waals surface area contributed by atoms with Crippen molar-refractivity contribution in [3.05, 3.63) is 95.6 Å². The lowest BCUT2D eigenvalue weighted by Crippen LogP contribution is -2.34. The van der Waals surface area contributed by atoms with Gasteiger partial charge in [0.1, 0.15) is 23.3 Å². The summed E-state index contributed by atoms with van der Waals surface area (Å²) in [6.45, 7) is 2.04. The molecule has 0 aromatic heterocycles. The minimum Gasteiger partial charge on any atom is -0.460 e. The summed E-state index contributed by atoms with van der Waals surface area (Å²) >= 11 is 0. The molecule has 0 saturated heterocycles. The van der Waals surface area contributed by atoms with Crippen molar-refractivity contribution < 1.29 is 22.1 Å². The third-order valence-electron chi connectivity index (χ3n) is 4.42. The second-order valence-corrected chi connectivity index (χ2v) is 8.44. The minimum absolute atomic E-state index is 0.0837. The minimum atomic E-state index is -3.91. The van der Waals surface area contributed by atoms with Crippen LogP contribution in [0.3, 0.4) is 0 Å². The lowest BCUT2D eigenvalue weighted by Gasteiger charge is -2.12. The Morgan fingerprint density at radius 2 is 1.53 bits per heavy atom. The molecule has 0 fully saturated rings. The van der Waals surface area contributed by atoms with Gasteiger partial charge in [0.25, 0.3) is 0 Å². The van der Waals surface area contributed by atoms with E-state index in [0.717, 1.165) is 16.7 Å². The number of aryl methyl sites for hydroxylation is 1. The first kappa shape index (κ1) is 21.5. The van der Waals surface area contributed by atoms with Crippen molar-refractivity contribution in [3.8, 4) is 5.75 Å². The summed E-state index contributed by atoms with van der Waals surface area (Å²) in [6.07, 6.45) is 0.263. The van der Waals surface area contributed by atoms with Gasteiger partial charge in [-0.3, -0.25) is 4.79 Å². The molecule has 3 aromatic carbocycles. The van der Waals surface area contributed by atoms with E-state index in [-0.39, 0.29) is 23.7 Å². The number of hydrogen-bond donors (Lipinski definition) is 1. The summed E-state index contributed by atoms with van der Waals surface area (Å²) in [7, 11) is -3.91. The summed E-state index contributed by atoms with van der Waals surface area (Å²) in [5, 5.41) is 0. The predicted molar refractivity (Wildman–Crippen MR) is 113 cm³/mol. The Labute approximate surface area is 176 Å². The molecular weight excluding hydrogens is 402 g/mol. The smallest absolute Gasteiger partial charge is 0.339 e. The van der Waals surface area contributed by atoms with Crippen LogP contribution in [0.1, 0.15) is 16.7 Å².